The highest BCUT2D eigenvalue weighted by Crippen LogP contribution is 2.22. The second-order valence-corrected chi connectivity index (χ2v) is 5.06. The summed E-state index contributed by atoms with van der Waals surface area (Å²) in [5, 5.41) is 4.38. The Bertz CT molecular complexity index is 508. The first-order valence-corrected chi connectivity index (χ1v) is 5.72. The lowest BCUT2D eigenvalue weighted by Gasteiger charge is -2.18. The maximum Gasteiger partial charge on any atom is 0.0778 e. The van der Waals surface area contributed by atoms with Gasteiger partial charge >= 0.3 is 0 Å². The van der Waals surface area contributed by atoms with Crippen LogP contribution in [0.2, 0.25) is 0 Å². The van der Waals surface area contributed by atoms with Crippen molar-refractivity contribution in [3.8, 4) is 11.3 Å². The van der Waals surface area contributed by atoms with Crippen LogP contribution < -0.4 is 5.73 Å². The Hall–Kier alpha value is -1.68. The summed E-state index contributed by atoms with van der Waals surface area (Å²) in [5.41, 5.74) is 8.67. The topological polar surface area (TPSA) is 56.7 Å². The minimum atomic E-state index is -0.0179. The molecule has 0 aliphatic carbocycles. The van der Waals surface area contributed by atoms with Gasteiger partial charge in [-0.3, -0.25) is 9.67 Å². The zero-order chi connectivity index (χ0) is 12.5. The van der Waals surface area contributed by atoms with E-state index < -0.39 is 0 Å². The average molecular weight is 230 g/mol. The summed E-state index contributed by atoms with van der Waals surface area (Å²) in [5.74, 6) is 0. The van der Waals surface area contributed by atoms with Crippen molar-refractivity contribution in [1.82, 2.24) is 14.8 Å². The predicted molar refractivity (Wildman–Crippen MR) is 68.3 cm³/mol. The maximum absolute atomic E-state index is 5.71. The Balaban J connectivity index is 2.44. The Morgan fingerprint density at radius 2 is 2.12 bits per heavy atom. The smallest absolute Gasteiger partial charge is 0.0778 e. The Morgan fingerprint density at radius 1 is 1.35 bits per heavy atom. The van der Waals surface area contributed by atoms with Gasteiger partial charge in [-0.1, -0.05) is 6.07 Å². The van der Waals surface area contributed by atoms with Crippen molar-refractivity contribution in [3.05, 3.63) is 36.3 Å². The molecule has 2 rings (SSSR count). The summed E-state index contributed by atoms with van der Waals surface area (Å²) in [6.07, 6.45) is 5.64. The first-order valence-electron chi connectivity index (χ1n) is 5.72. The van der Waals surface area contributed by atoms with Crippen molar-refractivity contribution in [2.24, 2.45) is 5.73 Å². The van der Waals surface area contributed by atoms with E-state index in [1.54, 1.807) is 6.20 Å². The SMILES string of the molecule is CC(C)(C)n1cc(-c2ncccc2CN)cn1. The number of nitrogens with two attached hydrogens (primary N) is 1. The molecule has 0 unspecified atom stereocenters. The van der Waals surface area contributed by atoms with Crippen molar-refractivity contribution < 1.29 is 0 Å². The quantitative estimate of drug-likeness (QED) is 0.860. The van der Waals surface area contributed by atoms with Gasteiger partial charge in [-0.15, -0.1) is 0 Å². The fourth-order valence-corrected chi connectivity index (χ4v) is 1.68. The van der Waals surface area contributed by atoms with E-state index in [0.29, 0.717) is 6.54 Å². The summed E-state index contributed by atoms with van der Waals surface area (Å²) in [7, 11) is 0. The van der Waals surface area contributed by atoms with Crippen LogP contribution in [0.3, 0.4) is 0 Å². The van der Waals surface area contributed by atoms with Crippen LogP contribution in [0.4, 0.5) is 0 Å². The standard InChI is InChI=1S/C13H18N4/c1-13(2,3)17-9-11(8-16-17)12-10(7-14)5-4-6-15-12/h4-6,8-9H,7,14H2,1-3H3. The molecular weight excluding hydrogens is 212 g/mol. The normalized spacial score (nSPS) is 11.8. The van der Waals surface area contributed by atoms with E-state index in [2.05, 4.69) is 30.9 Å². The van der Waals surface area contributed by atoms with Gasteiger partial charge in [0.25, 0.3) is 0 Å². The van der Waals surface area contributed by atoms with Crippen molar-refractivity contribution in [3.63, 3.8) is 0 Å². The molecule has 0 amide bonds. The van der Waals surface area contributed by atoms with E-state index in [4.69, 9.17) is 5.73 Å². The molecule has 0 atom stereocenters. The highest BCUT2D eigenvalue weighted by Gasteiger charge is 2.15. The molecule has 17 heavy (non-hydrogen) atoms. The van der Waals surface area contributed by atoms with Gasteiger partial charge in [-0.25, -0.2) is 0 Å². The number of aromatic nitrogens is 3. The highest BCUT2D eigenvalue weighted by atomic mass is 15.3. The van der Waals surface area contributed by atoms with Crippen LogP contribution in [0.15, 0.2) is 30.7 Å². The number of pyridine rings is 1. The van der Waals surface area contributed by atoms with Gasteiger partial charge in [0.15, 0.2) is 0 Å². The molecule has 4 heteroatoms. The first kappa shape index (κ1) is 11.8. The van der Waals surface area contributed by atoms with Crippen LogP contribution in [0, 0.1) is 0 Å². The summed E-state index contributed by atoms with van der Waals surface area (Å²) >= 11 is 0. The molecule has 4 nitrogen and oxygen atoms in total. The predicted octanol–water partition coefficient (Wildman–Crippen LogP) is 2.16. The number of hydrogen-bond acceptors (Lipinski definition) is 3. The summed E-state index contributed by atoms with van der Waals surface area (Å²) in [4.78, 5) is 4.38. The van der Waals surface area contributed by atoms with Gasteiger partial charge in [-0.05, 0) is 32.4 Å². The van der Waals surface area contributed by atoms with Crippen molar-refractivity contribution in [1.29, 1.82) is 0 Å². The fraction of sp³-hybridized carbons (Fsp3) is 0.385. The second kappa shape index (κ2) is 4.30. The minimum absolute atomic E-state index is 0.0179. The van der Waals surface area contributed by atoms with Crippen molar-refractivity contribution >= 4 is 0 Å². The van der Waals surface area contributed by atoms with Gasteiger partial charge < -0.3 is 5.73 Å². The molecule has 0 spiro atoms. The molecule has 2 aromatic rings. The van der Waals surface area contributed by atoms with Crippen LogP contribution >= 0.6 is 0 Å². The molecule has 0 bridgehead atoms. The molecular formula is C13H18N4. The molecule has 90 valence electrons. The molecule has 0 saturated heterocycles. The van der Waals surface area contributed by atoms with E-state index in [0.717, 1.165) is 16.8 Å². The van der Waals surface area contributed by atoms with Crippen molar-refractivity contribution in [2.45, 2.75) is 32.9 Å². The minimum Gasteiger partial charge on any atom is -0.326 e. The lowest BCUT2D eigenvalue weighted by Crippen LogP contribution is -2.21. The third-order valence-corrected chi connectivity index (χ3v) is 2.65. The monoisotopic (exact) mass is 230 g/mol. The largest absolute Gasteiger partial charge is 0.326 e. The molecule has 2 N–H and O–H groups in total. The van der Waals surface area contributed by atoms with Gasteiger partial charge in [0, 0.05) is 24.5 Å². The second-order valence-electron chi connectivity index (χ2n) is 5.06. The summed E-state index contributed by atoms with van der Waals surface area (Å²) in [6, 6.07) is 3.90. The molecule has 0 fully saturated rings. The van der Waals surface area contributed by atoms with Crippen LogP contribution in [-0.2, 0) is 12.1 Å². The molecule has 0 saturated carbocycles. The van der Waals surface area contributed by atoms with E-state index in [1.807, 2.05) is 29.2 Å². The molecule has 0 aliphatic rings. The zero-order valence-electron chi connectivity index (χ0n) is 10.5. The van der Waals surface area contributed by atoms with Gasteiger partial charge in [0.2, 0.25) is 0 Å². The Labute approximate surface area is 101 Å². The molecule has 2 aromatic heterocycles. The molecule has 0 aliphatic heterocycles. The lowest BCUT2D eigenvalue weighted by atomic mass is 10.1. The van der Waals surface area contributed by atoms with Gasteiger partial charge in [0.05, 0.1) is 17.4 Å². The van der Waals surface area contributed by atoms with Crippen LogP contribution in [0.1, 0.15) is 26.3 Å². The average Bonchev–Trinajstić information content (AvgIpc) is 2.77. The Kier molecular flexibility index (Phi) is 2.98. The molecule has 0 radical (unpaired) electrons. The lowest BCUT2D eigenvalue weighted by molar-refractivity contribution is 0.355. The van der Waals surface area contributed by atoms with E-state index >= 15 is 0 Å². The molecule has 2 heterocycles. The number of rotatable bonds is 2. The van der Waals surface area contributed by atoms with Gasteiger partial charge in [-0.2, -0.15) is 5.10 Å². The third kappa shape index (κ3) is 2.36. The number of hydrogen-bond donors (Lipinski definition) is 1. The van der Waals surface area contributed by atoms with E-state index in [1.165, 1.54) is 0 Å². The Morgan fingerprint density at radius 3 is 2.71 bits per heavy atom. The van der Waals surface area contributed by atoms with E-state index in [9.17, 15) is 0 Å². The number of nitrogens with zero attached hydrogens (tertiary/aromatic N) is 3. The molecule has 0 aromatic carbocycles. The van der Waals surface area contributed by atoms with Crippen LogP contribution in [-0.4, -0.2) is 14.8 Å². The highest BCUT2D eigenvalue weighted by molar-refractivity contribution is 5.61. The fourth-order valence-electron chi connectivity index (χ4n) is 1.68. The maximum atomic E-state index is 5.71. The zero-order valence-corrected chi connectivity index (χ0v) is 10.5. The summed E-state index contributed by atoms with van der Waals surface area (Å²) in [6.45, 7) is 6.84. The van der Waals surface area contributed by atoms with Gasteiger partial charge in [0.1, 0.15) is 0 Å². The van der Waals surface area contributed by atoms with E-state index in [-0.39, 0.29) is 5.54 Å². The first-order chi connectivity index (χ1) is 8.02. The third-order valence-electron chi connectivity index (χ3n) is 2.65. The van der Waals surface area contributed by atoms with Crippen LogP contribution in [0.25, 0.3) is 11.3 Å². The summed E-state index contributed by atoms with van der Waals surface area (Å²) < 4.78 is 1.94. The van der Waals surface area contributed by atoms with Crippen LogP contribution in [0.5, 0.6) is 0 Å². The van der Waals surface area contributed by atoms with Crippen molar-refractivity contribution in [2.75, 3.05) is 0 Å².